The summed E-state index contributed by atoms with van der Waals surface area (Å²) in [6.45, 7) is 3.45. The second kappa shape index (κ2) is 9.60. The molecule has 0 unspecified atom stereocenters. The van der Waals surface area contributed by atoms with E-state index in [0.29, 0.717) is 5.02 Å². The molecule has 1 N–H and O–H groups in total. The number of aryl methyl sites for hydroxylation is 1. The van der Waals surface area contributed by atoms with Crippen molar-refractivity contribution in [2.24, 2.45) is 0 Å². The molecule has 0 aliphatic heterocycles. The first-order valence-corrected chi connectivity index (χ1v) is 9.12. The third kappa shape index (κ3) is 6.04. The van der Waals surface area contributed by atoms with Crippen LogP contribution >= 0.6 is 23.2 Å². The van der Waals surface area contributed by atoms with E-state index in [0.717, 1.165) is 12.8 Å². The van der Waals surface area contributed by atoms with Crippen LogP contribution in [0.5, 0.6) is 0 Å². The van der Waals surface area contributed by atoms with Gasteiger partial charge in [0.05, 0.1) is 10.6 Å². The molecule has 2 rings (SSSR count). The Morgan fingerprint density at radius 1 is 1.08 bits per heavy atom. The van der Waals surface area contributed by atoms with Crippen LogP contribution in [0, 0.1) is 0 Å². The highest BCUT2D eigenvalue weighted by Crippen LogP contribution is 2.22. The van der Waals surface area contributed by atoms with Crippen LogP contribution in [0.2, 0.25) is 10.0 Å². The number of carbonyl (C=O) groups excluding carboxylic acids is 2. The van der Waals surface area contributed by atoms with Crippen molar-refractivity contribution >= 4 is 35.1 Å². The molecule has 0 aromatic heterocycles. The van der Waals surface area contributed by atoms with Crippen molar-refractivity contribution in [2.45, 2.75) is 38.8 Å². The third-order valence-corrected chi connectivity index (χ3v) is 4.45. The number of esters is 1. The number of benzene rings is 2. The van der Waals surface area contributed by atoms with Crippen molar-refractivity contribution in [3.63, 3.8) is 0 Å². The first-order chi connectivity index (χ1) is 12.4. The summed E-state index contributed by atoms with van der Waals surface area (Å²) in [5, 5.41) is 3.47. The van der Waals surface area contributed by atoms with E-state index in [2.05, 4.69) is 17.4 Å². The lowest BCUT2D eigenvalue weighted by Gasteiger charge is -2.18. The SMILES string of the molecule is C[C@H](OC(=O)c1ccc(Cl)cc1Cl)C(=O)N[C@@H](C)CCc1ccccc1. The topological polar surface area (TPSA) is 55.4 Å². The summed E-state index contributed by atoms with van der Waals surface area (Å²) >= 11 is 11.8. The van der Waals surface area contributed by atoms with E-state index in [-0.39, 0.29) is 22.5 Å². The molecule has 0 bridgehead atoms. The number of rotatable bonds is 7. The number of carbonyl (C=O) groups is 2. The van der Waals surface area contributed by atoms with Crippen molar-refractivity contribution in [1.29, 1.82) is 0 Å². The highest BCUT2D eigenvalue weighted by molar-refractivity contribution is 6.36. The Morgan fingerprint density at radius 3 is 2.42 bits per heavy atom. The molecule has 26 heavy (non-hydrogen) atoms. The monoisotopic (exact) mass is 393 g/mol. The number of hydrogen-bond acceptors (Lipinski definition) is 3. The molecule has 0 saturated carbocycles. The summed E-state index contributed by atoms with van der Waals surface area (Å²) in [7, 11) is 0. The van der Waals surface area contributed by atoms with Crippen LogP contribution in [0.25, 0.3) is 0 Å². The van der Waals surface area contributed by atoms with Crippen LogP contribution in [0.15, 0.2) is 48.5 Å². The Hall–Kier alpha value is -2.04. The number of nitrogens with one attached hydrogen (secondary N) is 1. The molecule has 0 saturated heterocycles. The second-order valence-electron chi connectivity index (χ2n) is 6.11. The Bertz CT molecular complexity index is 765. The van der Waals surface area contributed by atoms with Gasteiger partial charge in [-0.15, -0.1) is 0 Å². The van der Waals surface area contributed by atoms with E-state index in [1.165, 1.54) is 24.6 Å². The van der Waals surface area contributed by atoms with Gasteiger partial charge in [-0.2, -0.15) is 0 Å². The summed E-state index contributed by atoms with van der Waals surface area (Å²) < 4.78 is 5.20. The quantitative estimate of drug-likeness (QED) is 0.694. The zero-order valence-electron chi connectivity index (χ0n) is 14.7. The lowest BCUT2D eigenvalue weighted by molar-refractivity contribution is -0.129. The Labute approximate surface area is 163 Å². The average molecular weight is 394 g/mol. The van der Waals surface area contributed by atoms with Gasteiger partial charge in [0.2, 0.25) is 0 Å². The molecule has 0 heterocycles. The van der Waals surface area contributed by atoms with Crippen molar-refractivity contribution in [2.75, 3.05) is 0 Å². The van der Waals surface area contributed by atoms with Crippen LogP contribution < -0.4 is 5.32 Å². The van der Waals surface area contributed by atoms with Crippen LogP contribution in [-0.2, 0) is 16.0 Å². The van der Waals surface area contributed by atoms with Crippen molar-refractivity contribution in [3.8, 4) is 0 Å². The highest BCUT2D eigenvalue weighted by Gasteiger charge is 2.21. The molecule has 0 fully saturated rings. The summed E-state index contributed by atoms with van der Waals surface area (Å²) in [6.07, 6.45) is 0.726. The lowest BCUT2D eigenvalue weighted by Crippen LogP contribution is -2.41. The predicted molar refractivity (Wildman–Crippen MR) is 104 cm³/mol. The van der Waals surface area contributed by atoms with Gasteiger partial charge in [0.1, 0.15) is 0 Å². The molecule has 6 heteroatoms. The maximum Gasteiger partial charge on any atom is 0.340 e. The van der Waals surface area contributed by atoms with Gasteiger partial charge < -0.3 is 10.1 Å². The van der Waals surface area contributed by atoms with Gasteiger partial charge in [0.15, 0.2) is 6.10 Å². The van der Waals surface area contributed by atoms with Gasteiger partial charge in [0.25, 0.3) is 5.91 Å². The molecule has 0 aliphatic rings. The Morgan fingerprint density at radius 2 is 1.77 bits per heavy atom. The summed E-state index contributed by atoms with van der Waals surface area (Å²) in [6, 6.07) is 14.5. The van der Waals surface area contributed by atoms with Crippen LogP contribution in [-0.4, -0.2) is 24.0 Å². The summed E-state index contributed by atoms with van der Waals surface area (Å²) in [4.78, 5) is 24.4. The van der Waals surface area contributed by atoms with Gasteiger partial charge in [-0.25, -0.2) is 4.79 Å². The number of amides is 1. The normalized spacial score (nSPS) is 12.9. The van der Waals surface area contributed by atoms with Crippen LogP contribution in [0.3, 0.4) is 0 Å². The minimum Gasteiger partial charge on any atom is -0.449 e. The van der Waals surface area contributed by atoms with E-state index < -0.39 is 12.1 Å². The number of hydrogen-bond donors (Lipinski definition) is 1. The lowest BCUT2D eigenvalue weighted by atomic mass is 10.1. The second-order valence-corrected chi connectivity index (χ2v) is 6.95. The fraction of sp³-hybridized carbons (Fsp3) is 0.300. The smallest absolute Gasteiger partial charge is 0.340 e. The summed E-state index contributed by atoms with van der Waals surface area (Å²) in [5.74, 6) is -1.00. The number of ether oxygens (including phenoxy) is 1. The minimum absolute atomic E-state index is 0.0389. The Balaban J connectivity index is 1.83. The van der Waals surface area contributed by atoms with Gasteiger partial charge >= 0.3 is 5.97 Å². The highest BCUT2D eigenvalue weighted by atomic mass is 35.5. The van der Waals surface area contributed by atoms with E-state index in [1.54, 1.807) is 6.07 Å². The van der Waals surface area contributed by atoms with Crippen LogP contribution in [0.1, 0.15) is 36.2 Å². The zero-order chi connectivity index (χ0) is 19.1. The largest absolute Gasteiger partial charge is 0.449 e. The van der Waals surface area contributed by atoms with E-state index >= 15 is 0 Å². The molecule has 0 spiro atoms. The third-order valence-electron chi connectivity index (χ3n) is 3.90. The van der Waals surface area contributed by atoms with E-state index in [4.69, 9.17) is 27.9 Å². The molecular formula is C20H21Cl2NO3. The number of halogens is 2. The predicted octanol–water partition coefficient (Wildman–Crippen LogP) is 4.68. The van der Waals surface area contributed by atoms with Crippen LogP contribution in [0.4, 0.5) is 0 Å². The molecular weight excluding hydrogens is 373 g/mol. The first kappa shape index (κ1) is 20.3. The van der Waals surface area contributed by atoms with Crippen molar-refractivity contribution < 1.29 is 14.3 Å². The first-order valence-electron chi connectivity index (χ1n) is 8.37. The van der Waals surface area contributed by atoms with E-state index in [9.17, 15) is 9.59 Å². The van der Waals surface area contributed by atoms with Gasteiger partial charge in [-0.1, -0.05) is 53.5 Å². The molecule has 0 radical (unpaired) electrons. The molecule has 2 aromatic carbocycles. The fourth-order valence-electron chi connectivity index (χ4n) is 2.39. The minimum atomic E-state index is -0.923. The van der Waals surface area contributed by atoms with Crippen molar-refractivity contribution in [1.82, 2.24) is 5.32 Å². The standard InChI is InChI=1S/C20H21Cl2NO3/c1-13(8-9-15-6-4-3-5-7-15)23-19(24)14(2)26-20(25)17-11-10-16(21)12-18(17)22/h3-7,10-14H,8-9H2,1-2H3,(H,23,24)/t13-,14-/m0/s1. The maximum atomic E-state index is 12.2. The fourth-order valence-corrected chi connectivity index (χ4v) is 2.88. The van der Waals surface area contributed by atoms with Gasteiger partial charge in [0, 0.05) is 11.1 Å². The molecule has 138 valence electrons. The molecule has 2 aromatic rings. The molecule has 4 nitrogen and oxygen atoms in total. The van der Waals surface area contributed by atoms with E-state index in [1.807, 2.05) is 25.1 Å². The summed E-state index contributed by atoms with van der Waals surface area (Å²) in [5.41, 5.74) is 1.39. The maximum absolute atomic E-state index is 12.2. The average Bonchev–Trinajstić information content (AvgIpc) is 2.60. The van der Waals surface area contributed by atoms with Crippen molar-refractivity contribution in [3.05, 3.63) is 69.7 Å². The molecule has 0 aliphatic carbocycles. The zero-order valence-corrected chi connectivity index (χ0v) is 16.2. The van der Waals surface area contributed by atoms with Gasteiger partial charge in [-0.05, 0) is 50.5 Å². The Kier molecular flexibility index (Phi) is 7.49. The van der Waals surface area contributed by atoms with Gasteiger partial charge in [-0.3, -0.25) is 4.79 Å². The molecule has 2 atom stereocenters. The molecule has 1 amide bonds.